The van der Waals surface area contributed by atoms with Gasteiger partial charge in [0.05, 0.1) is 12.8 Å². The zero-order valence-electron chi connectivity index (χ0n) is 19.2. The highest BCUT2D eigenvalue weighted by atomic mass is 16.5. The lowest BCUT2D eigenvalue weighted by atomic mass is 9.99. The highest BCUT2D eigenvalue weighted by Crippen LogP contribution is 2.25. The van der Waals surface area contributed by atoms with Crippen LogP contribution in [0, 0.1) is 6.92 Å². The van der Waals surface area contributed by atoms with Gasteiger partial charge in [-0.1, -0.05) is 36.4 Å². The Kier molecular flexibility index (Phi) is 7.07. The second-order valence-electron chi connectivity index (χ2n) is 7.88. The summed E-state index contributed by atoms with van der Waals surface area (Å²) in [7, 11) is 1.56. The number of anilines is 3. The first-order valence-electron chi connectivity index (χ1n) is 11.0. The minimum atomic E-state index is -0.348. The molecule has 0 bridgehead atoms. The minimum Gasteiger partial charge on any atom is -0.495 e. The van der Waals surface area contributed by atoms with Gasteiger partial charge in [-0.2, -0.15) is 0 Å². The first-order valence-corrected chi connectivity index (χ1v) is 11.0. The normalized spacial score (nSPS) is 13.0. The van der Waals surface area contributed by atoms with Crippen LogP contribution >= 0.6 is 0 Å². The van der Waals surface area contributed by atoms with E-state index in [9.17, 15) is 9.59 Å². The third kappa shape index (κ3) is 5.53. The van der Waals surface area contributed by atoms with Crippen molar-refractivity contribution in [1.82, 2.24) is 9.88 Å². The van der Waals surface area contributed by atoms with Gasteiger partial charge in [0.25, 0.3) is 0 Å². The van der Waals surface area contributed by atoms with E-state index >= 15 is 0 Å². The largest absolute Gasteiger partial charge is 0.495 e. The van der Waals surface area contributed by atoms with Crippen molar-refractivity contribution in [2.75, 3.05) is 36.1 Å². The predicted octanol–water partition coefficient (Wildman–Crippen LogP) is 5.36. The van der Waals surface area contributed by atoms with Crippen molar-refractivity contribution >= 4 is 34.8 Å². The number of hydrogen-bond donors (Lipinski definition) is 3. The van der Waals surface area contributed by atoms with Crippen molar-refractivity contribution in [2.45, 2.75) is 13.3 Å². The number of amides is 4. The topological polar surface area (TPSA) is 95.6 Å². The Morgan fingerprint density at radius 1 is 0.971 bits per heavy atom. The highest BCUT2D eigenvalue weighted by molar-refractivity contribution is 6.00. The quantitative estimate of drug-likeness (QED) is 0.480. The molecule has 0 spiro atoms. The number of hydrogen-bond acceptors (Lipinski definition) is 4. The van der Waals surface area contributed by atoms with Crippen LogP contribution in [-0.2, 0) is 0 Å². The van der Waals surface area contributed by atoms with Crippen LogP contribution < -0.4 is 20.7 Å². The number of carbonyl (C=O) groups is 2. The molecule has 174 valence electrons. The monoisotopic (exact) mass is 457 g/mol. The molecule has 2 heterocycles. The molecule has 1 aliphatic rings. The molecule has 0 saturated carbocycles. The molecule has 4 rings (SSSR count). The van der Waals surface area contributed by atoms with E-state index in [0.29, 0.717) is 36.0 Å². The molecule has 3 N–H and O–H groups in total. The van der Waals surface area contributed by atoms with Crippen molar-refractivity contribution in [3.05, 3.63) is 84.1 Å². The fourth-order valence-electron chi connectivity index (χ4n) is 3.71. The Bertz CT molecular complexity index is 1210. The van der Waals surface area contributed by atoms with E-state index in [1.165, 1.54) is 5.57 Å². The zero-order chi connectivity index (χ0) is 23.9. The van der Waals surface area contributed by atoms with Crippen molar-refractivity contribution < 1.29 is 14.3 Å². The number of carbonyl (C=O) groups excluding carboxylic acids is 2. The Morgan fingerprint density at radius 2 is 1.76 bits per heavy atom. The Balaban J connectivity index is 1.32. The summed E-state index contributed by atoms with van der Waals surface area (Å²) in [5, 5.41) is 8.50. The van der Waals surface area contributed by atoms with E-state index in [-0.39, 0.29) is 12.1 Å². The molecule has 0 unspecified atom stereocenters. The molecule has 0 fully saturated rings. The number of nitrogens with one attached hydrogen (secondary N) is 3. The Morgan fingerprint density at radius 3 is 2.47 bits per heavy atom. The summed E-state index contributed by atoms with van der Waals surface area (Å²) in [6.07, 6.45) is 4.47. The first-order chi connectivity index (χ1) is 16.5. The lowest BCUT2D eigenvalue weighted by Crippen LogP contribution is -2.38. The first kappa shape index (κ1) is 22.8. The summed E-state index contributed by atoms with van der Waals surface area (Å²) in [6.45, 7) is 3.05. The summed E-state index contributed by atoms with van der Waals surface area (Å²) in [5.41, 5.74) is 4.44. The minimum absolute atomic E-state index is 0.155. The van der Waals surface area contributed by atoms with Gasteiger partial charge in [0.15, 0.2) is 0 Å². The second kappa shape index (κ2) is 10.5. The molecule has 3 aromatic rings. The molecule has 4 amide bonds. The highest BCUT2D eigenvalue weighted by Gasteiger charge is 2.19. The van der Waals surface area contributed by atoms with E-state index in [2.05, 4.69) is 27.0 Å². The molecule has 8 nitrogen and oxygen atoms in total. The summed E-state index contributed by atoms with van der Waals surface area (Å²) >= 11 is 0. The number of para-hydroxylation sites is 2. The van der Waals surface area contributed by atoms with Crippen LogP contribution in [0.4, 0.5) is 26.8 Å². The Labute approximate surface area is 198 Å². The molecule has 8 heteroatoms. The maximum Gasteiger partial charge on any atom is 0.323 e. The van der Waals surface area contributed by atoms with Gasteiger partial charge in [-0.05, 0) is 60.4 Å². The number of aromatic nitrogens is 1. The van der Waals surface area contributed by atoms with Gasteiger partial charge in [-0.3, -0.25) is 5.32 Å². The Hall–Kier alpha value is -4.33. The maximum absolute atomic E-state index is 12.6. The van der Waals surface area contributed by atoms with Crippen LogP contribution in [0.3, 0.4) is 0 Å². The molecule has 34 heavy (non-hydrogen) atoms. The second-order valence-corrected chi connectivity index (χ2v) is 7.88. The summed E-state index contributed by atoms with van der Waals surface area (Å²) < 4.78 is 5.26. The predicted molar refractivity (Wildman–Crippen MR) is 134 cm³/mol. The van der Waals surface area contributed by atoms with Gasteiger partial charge in [0.2, 0.25) is 0 Å². The van der Waals surface area contributed by atoms with E-state index in [4.69, 9.17) is 4.74 Å². The molecular weight excluding hydrogens is 430 g/mol. The number of methoxy groups -OCH3 is 1. The lowest BCUT2D eigenvalue weighted by Gasteiger charge is -2.27. The van der Waals surface area contributed by atoms with E-state index < -0.39 is 0 Å². The van der Waals surface area contributed by atoms with Crippen LogP contribution in [0.15, 0.2) is 72.9 Å². The molecule has 2 aromatic carbocycles. The van der Waals surface area contributed by atoms with Gasteiger partial charge in [0.1, 0.15) is 11.6 Å². The molecule has 0 saturated heterocycles. The van der Waals surface area contributed by atoms with Crippen LogP contribution in [0.5, 0.6) is 5.75 Å². The fourth-order valence-corrected chi connectivity index (χ4v) is 3.71. The fraction of sp³-hybridized carbons (Fsp3) is 0.192. The molecular formula is C26H27N5O3. The van der Waals surface area contributed by atoms with E-state index in [1.807, 2.05) is 55.5 Å². The number of ether oxygens (including phenoxy) is 1. The number of benzene rings is 2. The maximum atomic E-state index is 12.6. The number of pyridine rings is 1. The van der Waals surface area contributed by atoms with Crippen molar-refractivity contribution in [1.29, 1.82) is 0 Å². The molecule has 0 aliphatic carbocycles. The number of nitrogens with zero attached hydrogens (tertiary/aromatic N) is 2. The zero-order valence-corrected chi connectivity index (χ0v) is 19.2. The van der Waals surface area contributed by atoms with Gasteiger partial charge in [0, 0.05) is 25.0 Å². The molecule has 1 aromatic heterocycles. The lowest BCUT2D eigenvalue weighted by molar-refractivity contribution is 0.217. The summed E-state index contributed by atoms with van der Waals surface area (Å²) in [6, 6.07) is 18.1. The van der Waals surface area contributed by atoms with Gasteiger partial charge >= 0.3 is 12.1 Å². The van der Waals surface area contributed by atoms with Crippen molar-refractivity contribution in [2.24, 2.45) is 0 Å². The van der Waals surface area contributed by atoms with Crippen LogP contribution in [0.25, 0.3) is 5.57 Å². The van der Waals surface area contributed by atoms with Gasteiger partial charge < -0.3 is 20.3 Å². The van der Waals surface area contributed by atoms with Gasteiger partial charge in [-0.25, -0.2) is 14.6 Å². The average molecular weight is 458 g/mol. The van der Waals surface area contributed by atoms with E-state index in [1.54, 1.807) is 30.3 Å². The van der Waals surface area contributed by atoms with Crippen LogP contribution in [0.1, 0.15) is 17.5 Å². The van der Waals surface area contributed by atoms with Gasteiger partial charge in [-0.15, -0.1) is 0 Å². The van der Waals surface area contributed by atoms with E-state index in [0.717, 1.165) is 17.5 Å². The third-order valence-electron chi connectivity index (χ3n) is 5.60. The smallest absolute Gasteiger partial charge is 0.323 e. The molecule has 0 radical (unpaired) electrons. The SMILES string of the molecule is COc1ccccc1NC(=O)Nc1ccc(C2=CCN(C(=O)Nc3ncccc3C)CC2)cc1. The van der Waals surface area contributed by atoms with Crippen LogP contribution in [-0.4, -0.2) is 42.1 Å². The number of urea groups is 2. The average Bonchev–Trinajstić information content (AvgIpc) is 2.86. The standard InChI is InChI=1S/C26H27N5O3/c1-18-6-5-15-27-24(18)30-26(33)31-16-13-20(14-17-31)19-9-11-21(12-10-19)28-25(32)29-22-7-3-4-8-23(22)34-2/h3-13,15H,14,16-17H2,1-2H3,(H,27,30,33)(H2,28,29,32). The number of aryl methyl sites for hydroxylation is 1. The third-order valence-corrected chi connectivity index (χ3v) is 5.60. The number of rotatable bonds is 5. The summed E-state index contributed by atoms with van der Waals surface area (Å²) in [4.78, 5) is 30.9. The summed E-state index contributed by atoms with van der Waals surface area (Å²) in [5.74, 6) is 1.18. The van der Waals surface area contributed by atoms with Crippen molar-refractivity contribution in [3.63, 3.8) is 0 Å². The molecule has 1 aliphatic heterocycles. The molecule has 0 atom stereocenters. The van der Waals surface area contributed by atoms with Crippen LogP contribution in [0.2, 0.25) is 0 Å². The van der Waals surface area contributed by atoms with Crippen molar-refractivity contribution in [3.8, 4) is 5.75 Å².